The molecule has 92 valence electrons. The molecule has 0 heterocycles. The Balaban J connectivity index is 0.00000147. The third-order valence-corrected chi connectivity index (χ3v) is 3.75. The van der Waals surface area contributed by atoms with Gasteiger partial charge in [-0.15, -0.1) is 0 Å². The van der Waals surface area contributed by atoms with Crippen molar-refractivity contribution in [1.29, 1.82) is 0 Å². The molecule has 0 radical (unpaired) electrons. The molecule has 0 saturated heterocycles. The van der Waals surface area contributed by atoms with Crippen LogP contribution in [-0.2, 0) is 0 Å². The standard InChI is InChI=1S/C18H16B.Na/c1-4-10-16(11-5-1)19(17-12-6-2-7-13-17)18-14-8-3-9-15-18;/h1-15,19H;/q-1;+1. The van der Waals surface area contributed by atoms with Crippen molar-refractivity contribution in [2.45, 2.75) is 0 Å². The van der Waals surface area contributed by atoms with Crippen molar-refractivity contribution in [3.8, 4) is 0 Å². The fourth-order valence-electron chi connectivity index (χ4n) is 2.85. The second kappa shape index (κ2) is 7.49. The summed E-state index contributed by atoms with van der Waals surface area (Å²) in [4.78, 5) is 0. The van der Waals surface area contributed by atoms with E-state index in [0.29, 0.717) is 0 Å². The third kappa shape index (κ3) is 3.43. The summed E-state index contributed by atoms with van der Waals surface area (Å²) in [7, 11) is 0. The van der Waals surface area contributed by atoms with E-state index in [2.05, 4.69) is 91.0 Å². The van der Waals surface area contributed by atoms with E-state index < -0.39 is 6.71 Å². The molecule has 0 bridgehead atoms. The van der Waals surface area contributed by atoms with Crippen LogP contribution in [0.25, 0.3) is 0 Å². The number of hydrogen-bond acceptors (Lipinski definition) is 0. The molecule has 0 aliphatic rings. The van der Waals surface area contributed by atoms with E-state index in [0.717, 1.165) is 0 Å². The summed E-state index contributed by atoms with van der Waals surface area (Å²) in [5.74, 6) is 0. The molecule has 0 amide bonds. The predicted molar refractivity (Wildman–Crippen MR) is 85.4 cm³/mol. The predicted octanol–water partition coefficient (Wildman–Crippen LogP) is -1.06. The monoisotopic (exact) mass is 266 g/mol. The van der Waals surface area contributed by atoms with Gasteiger partial charge in [-0.3, -0.25) is 0 Å². The Morgan fingerprint density at radius 3 is 0.900 bits per heavy atom. The van der Waals surface area contributed by atoms with Crippen molar-refractivity contribution in [3.63, 3.8) is 0 Å². The van der Waals surface area contributed by atoms with Gasteiger partial charge in [0.1, 0.15) is 0 Å². The van der Waals surface area contributed by atoms with E-state index in [1.165, 1.54) is 16.4 Å². The van der Waals surface area contributed by atoms with E-state index in [-0.39, 0.29) is 29.6 Å². The SMILES string of the molecule is [Na+].c1ccc([BH-](c2ccccc2)c2ccccc2)cc1. The molecule has 3 aromatic rings. The summed E-state index contributed by atoms with van der Waals surface area (Å²) >= 11 is 0. The molecule has 0 aromatic heterocycles. The van der Waals surface area contributed by atoms with Crippen molar-refractivity contribution in [2.24, 2.45) is 0 Å². The Morgan fingerprint density at radius 1 is 0.400 bits per heavy atom. The molecule has 20 heavy (non-hydrogen) atoms. The van der Waals surface area contributed by atoms with Crippen molar-refractivity contribution in [1.82, 2.24) is 0 Å². The van der Waals surface area contributed by atoms with Gasteiger partial charge in [0.05, 0.1) is 6.71 Å². The molecule has 0 aliphatic heterocycles. The summed E-state index contributed by atoms with van der Waals surface area (Å²) in [6.45, 7) is -0.662. The first-order chi connectivity index (χ1) is 9.45. The first-order valence-electron chi connectivity index (χ1n) is 6.79. The molecule has 0 spiro atoms. The number of rotatable bonds is 3. The maximum absolute atomic E-state index is 2.24. The molecular weight excluding hydrogens is 250 g/mol. The van der Waals surface area contributed by atoms with Crippen LogP contribution in [0.4, 0.5) is 0 Å². The maximum atomic E-state index is 2.24. The molecular formula is C18H16BNa. The van der Waals surface area contributed by atoms with Crippen molar-refractivity contribution >= 4 is 23.1 Å². The molecule has 0 fully saturated rings. The van der Waals surface area contributed by atoms with Gasteiger partial charge in [0.2, 0.25) is 0 Å². The van der Waals surface area contributed by atoms with E-state index >= 15 is 0 Å². The van der Waals surface area contributed by atoms with Crippen LogP contribution >= 0.6 is 0 Å². The van der Waals surface area contributed by atoms with Crippen LogP contribution < -0.4 is 45.9 Å². The van der Waals surface area contributed by atoms with Crippen LogP contribution in [0.3, 0.4) is 0 Å². The van der Waals surface area contributed by atoms with Crippen molar-refractivity contribution in [2.75, 3.05) is 0 Å². The van der Waals surface area contributed by atoms with Crippen molar-refractivity contribution in [3.05, 3.63) is 91.0 Å². The van der Waals surface area contributed by atoms with Crippen LogP contribution in [0.2, 0.25) is 0 Å². The van der Waals surface area contributed by atoms with Gasteiger partial charge in [-0.25, -0.2) is 16.4 Å². The van der Waals surface area contributed by atoms with Gasteiger partial charge in [0.25, 0.3) is 0 Å². The fourth-order valence-corrected chi connectivity index (χ4v) is 2.85. The topological polar surface area (TPSA) is 0 Å². The normalized spacial score (nSPS) is 10.1. The smallest absolute Gasteiger partial charge is 0.203 e. The average Bonchev–Trinajstić information content (AvgIpc) is 2.51. The Hall–Kier alpha value is -1.28. The van der Waals surface area contributed by atoms with Crippen LogP contribution in [0.1, 0.15) is 0 Å². The zero-order chi connectivity index (χ0) is 12.9. The van der Waals surface area contributed by atoms with Gasteiger partial charge in [0, 0.05) is 0 Å². The summed E-state index contributed by atoms with van der Waals surface area (Å²) in [5.41, 5.74) is 4.25. The first-order valence-corrected chi connectivity index (χ1v) is 6.79. The van der Waals surface area contributed by atoms with E-state index in [1.54, 1.807) is 0 Å². The largest absolute Gasteiger partial charge is 1.00 e. The average molecular weight is 266 g/mol. The molecule has 0 unspecified atom stereocenters. The molecule has 0 N–H and O–H groups in total. The van der Waals surface area contributed by atoms with Crippen LogP contribution in [0, 0.1) is 0 Å². The Kier molecular flexibility index (Phi) is 5.66. The minimum Gasteiger partial charge on any atom is -0.203 e. The minimum atomic E-state index is -0.662. The molecule has 0 aliphatic carbocycles. The van der Waals surface area contributed by atoms with Crippen LogP contribution in [0.15, 0.2) is 91.0 Å². The second-order valence-corrected chi connectivity index (χ2v) is 4.99. The number of hydrogen-bond donors (Lipinski definition) is 0. The van der Waals surface area contributed by atoms with Gasteiger partial charge in [0.15, 0.2) is 0 Å². The number of benzene rings is 3. The summed E-state index contributed by atoms with van der Waals surface area (Å²) in [5, 5.41) is 0. The fraction of sp³-hybridized carbons (Fsp3) is 0. The minimum absolute atomic E-state index is 0. The second-order valence-electron chi connectivity index (χ2n) is 4.99. The Bertz CT molecular complexity index is 529. The molecule has 0 atom stereocenters. The Morgan fingerprint density at radius 2 is 0.650 bits per heavy atom. The molecule has 0 saturated carbocycles. The Labute approximate surface area is 143 Å². The van der Waals surface area contributed by atoms with E-state index in [1.807, 2.05) is 0 Å². The van der Waals surface area contributed by atoms with Gasteiger partial charge >= 0.3 is 29.6 Å². The van der Waals surface area contributed by atoms with Crippen molar-refractivity contribution < 1.29 is 29.6 Å². The molecule has 0 nitrogen and oxygen atoms in total. The quantitative estimate of drug-likeness (QED) is 0.530. The zero-order valence-corrected chi connectivity index (χ0v) is 13.9. The summed E-state index contributed by atoms with van der Waals surface area (Å²) < 4.78 is 0. The first kappa shape index (κ1) is 15.1. The summed E-state index contributed by atoms with van der Waals surface area (Å²) in [6, 6.07) is 32.4. The zero-order valence-electron chi connectivity index (χ0n) is 11.9. The summed E-state index contributed by atoms with van der Waals surface area (Å²) in [6.07, 6.45) is 0. The van der Waals surface area contributed by atoms with E-state index in [9.17, 15) is 0 Å². The van der Waals surface area contributed by atoms with Gasteiger partial charge in [-0.2, -0.15) is 0 Å². The molecule has 3 rings (SSSR count). The third-order valence-electron chi connectivity index (χ3n) is 3.75. The van der Waals surface area contributed by atoms with Gasteiger partial charge < -0.3 is 0 Å². The van der Waals surface area contributed by atoms with Gasteiger partial charge in [-0.05, 0) is 0 Å². The van der Waals surface area contributed by atoms with Crippen LogP contribution in [-0.4, -0.2) is 6.71 Å². The van der Waals surface area contributed by atoms with E-state index in [4.69, 9.17) is 0 Å². The molecule has 2 heteroatoms. The maximum Gasteiger partial charge on any atom is 1.00 e. The molecule has 3 aromatic carbocycles. The van der Waals surface area contributed by atoms with Gasteiger partial charge in [-0.1, -0.05) is 91.0 Å². The van der Waals surface area contributed by atoms with Crippen LogP contribution in [0.5, 0.6) is 0 Å².